The van der Waals surface area contributed by atoms with Gasteiger partial charge in [-0.15, -0.1) is 0 Å². The van der Waals surface area contributed by atoms with E-state index in [0.29, 0.717) is 11.3 Å². The number of carbonyl (C=O) groups is 3. The fraction of sp³-hybridized carbons (Fsp3) is 0.438. The van der Waals surface area contributed by atoms with E-state index in [-0.39, 0.29) is 12.5 Å². The van der Waals surface area contributed by atoms with Crippen LogP contribution in [0, 0.1) is 0 Å². The first kappa shape index (κ1) is 16.8. The Bertz CT molecular complexity index is 582. The molecule has 1 aliphatic heterocycles. The van der Waals surface area contributed by atoms with E-state index < -0.39 is 18.5 Å². The number of nitrogens with one attached hydrogen (secondary N) is 1. The number of hydrogen-bond acceptors (Lipinski definition) is 4. The topological polar surface area (TPSA) is 95.9 Å². The van der Waals surface area contributed by atoms with Gasteiger partial charge in [0.1, 0.15) is 5.75 Å². The summed E-state index contributed by atoms with van der Waals surface area (Å²) in [5.41, 5.74) is 0.319. The summed E-state index contributed by atoms with van der Waals surface area (Å²) in [5, 5.41) is 11.2. The standard InChI is InChI=1S/C16H20N2O5/c19-14(18-7-2-1-3-8-18)10-17-16(22)12-5-4-6-13(9-12)23-11-15(20)21/h4-6,9H,1-3,7-8,10-11H2,(H,17,22)(H,20,21). The lowest BCUT2D eigenvalue weighted by Crippen LogP contribution is -2.42. The molecule has 0 saturated carbocycles. The Hall–Kier alpha value is -2.57. The van der Waals surface area contributed by atoms with Crippen LogP contribution in [-0.4, -0.2) is 54.0 Å². The molecular formula is C16H20N2O5. The zero-order chi connectivity index (χ0) is 16.7. The third-order valence-electron chi connectivity index (χ3n) is 3.57. The number of carboxylic acid groups (broad SMARTS) is 1. The van der Waals surface area contributed by atoms with Crippen LogP contribution in [0.5, 0.6) is 5.75 Å². The third-order valence-corrected chi connectivity index (χ3v) is 3.57. The normalized spacial score (nSPS) is 14.2. The van der Waals surface area contributed by atoms with E-state index in [1.165, 1.54) is 6.07 Å². The number of likely N-dealkylation sites (tertiary alicyclic amines) is 1. The Morgan fingerprint density at radius 3 is 2.61 bits per heavy atom. The number of amides is 2. The molecule has 0 atom stereocenters. The van der Waals surface area contributed by atoms with Crippen molar-refractivity contribution in [2.75, 3.05) is 26.2 Å². The minimum Gasteiger partial charge on any atom is -0.482 e. The van der Waals surface area contributed by atoms with Crippen molar-refractivity contribution in [2.24, 2.45) is 0 Å². The predicted octanol–water partition coefficient (Wildman–Crippen LogP) is 0.892. The molecule has 1 aromatic rings. The molecule has 2 rings (SSSR count). The van der Waals surface area contributed by atoms with Crippen molar-refractivity contribution in [2.45, 2.75) is 19.3 Å². The van der Waals surface area contributed by atoms with Crippen LogP contribution in [-0.2, 0) is 9.59 Å². The molecule has 0 aliphatic carbocycles. The zero-order valence-electron chi connectivity index (χ0n) is 12.8. The van der Waals surface area contributed by atoms with Crippen molar-refractivity contribution in [3.63, 3.8) is 0 Å². The quantitative estimate of drug-likeness (QED) is 0.811. The summed E-state index contributed by atoms with van der Waals surface area (Å²) < 4.78 is 5.02. The van der Waals surface area contributed by atoms with Crippen molar-refractivity contribution >= 4 is 17.8 Å². The minimum atomic E-state index is -1.09. The zero-order valence-corrected chi connectivity index (χ0v) is 12.8. The fourth-order valence-corrected chi connectivity index (χ4v) is 2.39. The van der Waals surface area contributed by atoms with E-state index in [0.717, 1.165) is 32.4 Å². The number of carboxylic acids is 1. The molecular weight excluding hydrogens is 300 g/mol. The third kappa shape index (κ3) is 5.28. The second kappa shape index (κ2) is 8.17. The summed E-state index contributed by atoms with van der Waals surface area (Å²) in [5.74, 6) is -1.28. The van der Waals surface area contributed by atoms with Crippen LogP contribution in [0.1, 0.15) is 29.6 Å². The summed E-state index contributed by atoms with van der Waals surface area (Å²) in [6.45, 7) is 0.970. The Labute approximate surface area is 134 Å². The maximum absolute atomic E-state index is 12.1. The first-order valence-electron chi connectivity index (χ1n) is 7.57. The number of rotatable bonds is 6. The van der Waals surface area contributed by atoms with Crippen molar-refractivity contribution in [3.8, 4) is 5.75 Å². The molecule has 0 radical (unpaired) electrons. The van der Waals surface area contributed by atoms with E-state index in [2.05, 4.69) is 5.32 Å². The highest BCUT2D eigenvalue weighted by atomic mass is 16.5. The highest BCUT2D eigenvalue weighted by Crippen LogP contribution is 2.13. The molecule has 1 fully saturated rings. The summed E-state index contributed by atoms with van der Waals surface area (Å²) in [4.78, 5) is 36.3. The summed E-state index contributed by atoms with van der Waals surface area (Å²) in [6, 6.07) is 6.19. The van der Waals surface area contributed by atoms with Crippen LogP contribution in [0.4, 0.5) is 0 Å². The van der Waals surface area contributed by atoms with Gasteiger partial charge in [0, 0.05) is 18.7 Å². The first-order chi connectivity index (χ1) is 11.1. The molecule has 1 aromatic carbocycles. The molecule has 1 saturated heterocycles. The van der Waals surface area contributed by atoms with E-state index in [4.69, 9.17) is 9.84 Å². The van der Waals surface area contributed by atoms with Gasteiger partial charge in [-0.2, -0.15) is 0 Å². The van der Waals surface area contributed by atoms with E-state index >= 15 is 0 Å². The van der Waals surface area contributed by atoms with Gasteiger partial charge in [0.15, 0.2) is 6.61 Å². The maximum atomic E-state index is 12.1. The SMILES string of the molecule is O=C(O)COc1cccc(C(=O)NCC(=O)N2CCCCC2)c1. The number of carbonyl (C=O) groups excluding carboxylic acids is 2. The van der Waals surface area contributed by atoms with Gasteiger partial charge in [0.05, 0.1) is 6.54 Å². The van der Waals surface area contributed by atoms with E-state index in [1.54, 1.807) is 23.1 Å². The number of nitrogens with zero attached hydrogens (tertiary/aromatic N) is 1. The Morgan fingerprint density at radius 1 is 1.17 bits per heavy atom. The lowest BCUT2D eigenvalue weighted by Gasteiger charge is -2.26. The molecule has 0 unspecified atom stereocenters. The number of ether oxygens (including phenoxy) is 1. The van der Waals surface area contributed by atoms with Gasteiger partial charge in [-0.3, -0.25) is 9.59 Å². The van der Waals surface area contributed by atoms with Crippen LogP contribution < -0.4 is 10.1 Å². The summed E-state index contributed by atoms with van der Waals surface area (Å²) in [7, 11) is 0. The highest BCUT2D eigenvalue weighted by molar-refractivity contribution is 5.96. The second-order valence-electron chi connectivity index (χ2n) is 5.33. The monoisotopic (exact) mass is 320 g/mol. The molecule has 0 bridgehead atoms. The molecule has 23 heavy (non-hydrogen) atoms. The van der Waals surface area contributed by atoms with Crippen LogP contribution >= 0.6 is 0 Å². The number of aliphatic carboxylic acids is 1. The molecule has 2 N–H and O–H groups in total. The van der Waals surface area contributed by atoms with Crippen molar-refractivity contribution in [1.29, 1.82) is 0 Å². The lowest BCUT2D eigenvalue weighted by molar-refractivity contribution is -0.139. The van der Waals surface area contributed by atoms with Gasteiger partial charge >= 0.3 is 5.97 Å². The minimum absolute atomic E-state index is 0.0426. The number of benzene rings is 1. The first-order valence-corrected chi connectivity index (χ1v) is 7.57. The number of hydrogen-bond donors (Lipinski definition) is 2. The van der Waals surface area contributed by atoms with Crippen LogP contribution in [0.25, 0.3) is 0 Å². The smallest absolute Gasteiger partial charge is 0.341 e. The van der Waals surface area contributed by atoms with Crippen molar-refractivity contribution in [1.82, 2.24) is 10.2 Å². The molecule has 0 spiro atoms. The predicted molar refractivity (Wildman–Crippen MR) is 82.3 cm³/mol. The molecule has 0 aromatic heterocycles. The van der Waals surface area contributed by atoms with Gasteiger partial charge in [-0.1, -0.05) is 6.07 Å². The van der Waals surface area contributed by atoms with Crippen molar-refractivity contribution < 1.29 is 24.2 Å². The van der Waals surface area contributed by atoms with Gasteiger partial charge in [0.25, 0.3) is 5.91 Å². The average molecular weight is 320 g/mol. The summed E-state index contributed by atoms with van der Waals surface area (Å²) in [6.07, 6.45) is 3.14. The lowest BCUT2D eigenvalue weighted by atomic mass is 10.1. The van der Waals surface area contributed by atoms with E-state index in [9.17, 15) is 14.4 Å². The Kier molecular flexibility index (Phi) is 5.96. The molecule has 124 valence electrons. The Balaban J connectivity index is 1.86. The molecule has 7 heteroatoms. The summed E-state index contributed by atoms with van der Waals surface area (Å²) >= 11 is 0. The molecule has 7 nitrogen and oxygen atoms in total. The van der Waals surface area contributed by atoms with Gasteiger partial charge in [-0.05, 0) is 37.5 Å². The van der Waals surface area contributed by atoms with Crippen LogP contribution in [0.2, 0.25) is 0 Å². The van der Waals surface area contributed by atoms with Crippen LogP contribution in [0.15, 0.2) is 24.3 Å². The largest absolute Gasteiger partial charge is 0.482 e. The average Bonchev–Trinajstić information content (AvgIpc) is 2.58. The van der Waals surface area contributed by atoms with Gasteiger partial charge < -0.3 is 20.1 Å². The molecule has 1 heterocycles. The van der Waals surface area contributed by atoms with Gasteiger partial charge in [-0.25, -0.2) is 4.79 Å². The number of piperidine rings is 1. The maximum Gasteiger partial charge on any atom is 0.341 e. The van der Waals surface area contributed by atoms with E-state index in [1.807, 2.05) is 0 Å². The fourth-order valence-electron chi connectivity index (χ4n) is 2.39. The molecule has 1 aliphatic rings. The Morgan fingerprint density at radius 2 is 1.91 bits per heavy atom. The molecule has 2 amide bonds. The van der Waals surface area contributed by atoms with Crippen LogP contribution in [0.3, 0.4) is 0 Å². The van der Waals surface area contributed by atoms with Crippen molar-refractivity contribution in [3.05, 3.63) is 29.8 Å². The highest BCUT2D eigenvalue weighted by Gasteiger charge is 2.17. The van der Waals surface area contributed by atoms with Gasteiger partial charge in [0.2, 0.25) is 5.91 Å². The second-order valence-corrected chi connectivity index (χ2v) is 5.33.